The third-order valence-electron chi connectivity index (χ3n) is 5.91. The van der Waals surface area contributed by atoms with E-state index < -0.39 is 46.9 Å². The second-order valence-electron chi connectivity index (χ2n) is 8.01. The molecule has 4 rings (SSSR count). The van der Waals surface area contributed by atoms with Gasteiger partial charge in [-0.3, -0.25) is 10.1 Å². The smallest absolute Gasteiger partial charge is 0.411 e. The Morgan fingerprint density at radius 1 is 0.971 bits per heavy atom. The van der Waals surface area contributed by atoms with Crippen molar-refractivity contribution in [1.29, 1.82) is 0 Å². The molecule has 0 fully saturated rings. The van der Waals surface area contributed by atoms with Crippen molar-refractivity contribution < 1.29 is 33.0 Å². The molecule has 3 N–H and O–H groups in total. The molecule has 0 aromatic heterocycles. The van der Waals surface area contributed by atoms with Crippen molar-refractivity contribution in [2.75, 3.05) is 11.9 Å². The van der Waals surface area contributed by atoms with Gasteiger partial charge in [-0.05, 0) is 40.8 Å². The summed E-state index contributed by atoms with van der Waals surface area (Å²) in [5.74, 6) is -5.33. The average molecular weight is 480 g/mol. The highest BCUT2D eigenvalue weighted by atomic mass is 19.1. The number of halogens is 2. The normalized spacial score (nSPS) is 12.9. The van der Waals surface area contributed by atoms with E-state index in [0.29, 0.717) is 0 Å². The Kier molecular flexibility index (Phi) is 6.77. The molecule has 0 saturated carbocycles. The highest BCUT2D eigenvalue weighted by Gasteiger charge is 2.30. The van der Waals surface area contributed by atoms with Crippen molar-refractivity contribution in [3.63, 3.8) is 0 Å². The van der Waals surface area contributed by atoms with Crippen molar-refractivity contribution in [2.24, 2.45) is 0 Å². The van der Waals surface area contributed by atoms with Crippen molar-refractivity contribution in [3.05, 3.63) is 89.0 Å². The van der Waals surface area contributed by atoms with E-state index in [2.05, 4.69) is 10.6 Å². The number of fused-ring (bicyclic) bond motifs is 3. The van der Waals surface area contributed by atoms with E-state index in [-0.39, 0.29) is 18.9 Å². The van der Waals surface area contributed by atoms with Crippen LogP contribution in [0.1, 0.15) is 40.7 Å². The number of hydrogen-bond acceptors (Lipinski definition) is 4. The van der Waals surface area contributed by atoms with Gasteiger partial charge in [-0.1, -0.05) is 55.5 Å². The van der Waals surface area contributed by atoms with Crippen molar-refractivity contribution in [1.82, 2.24) is 5.32 Å². The van der Waals surface area contributed by atoms with Crippen LogP contribution in [0.2, 0.25) is 0 Å². The Morgan fingerprint density at radius 2 is 1.57 bits per heavy atom. The SMILES string of the molecule is CC[C@H](NC(=O)c1c(F)ccc(NC(=O)OCC2c3ccccc3-c3ccccc32)c1F)C(=O)O. The molecule has 9 heteroatoms. The van der Waals surface area contributed by atoms with Crippen molar-refractivity contribution in [3.8, 4) is 11.1 Å². The van der Waals surface area contributed by atoms with Gasteiger partial charge in [0.1, 0.15) is 24.0 Å². The van der Waals surface area contributed by atoms with E-state index in [1.807, 2.05) is 48.5 Å². The lowest BCUT2D eigenvalue weighted by molar-refractivity contribution is -0.139. The average Bonchev–Trinajstić information content (AvgIpc) is 3.16. The number of carbonyl (C=O) groups is 3. The maximum atomic E-state index is 14.9. The number of carbonyl (C=O) groups excluding carboxylic acids is 2. The van der Waals surface area contributed by atoms with Gasteiger partial charge in [0, 0.05) is 5.92 Å². The van der Waals surface area contributed by atoms with Crippen LogP contribution in [0.5, 0.6) is 0 Å². The lowest BCUT2D eigenvalue weighted by Gasteiger charge is -2.16. The fourth-order valence-corrected chi connectivity index (χ4v) is 4.17. The van der Waals surface area contributed by atoms with Gasteiger partial charge in [-0.2, -0.15) is 0 Å². The Bertz CT molecular complexity index is 1270. The zero-order valence-corrected chi connectivity index (χ0v) is 18.7. The minimum atomic E-state index is -1.34. The van der Waals surface area contributed by atoms with Crippen LogP contribution in [0.3, 0.4) is 0 Å². The van der Waals surface area contributed by atoms with E-state index >= 15 is 0 Å². The summed E-state index contributed by atoms with van der Waals surface area (Å²) in [6, 6.07) is 16.0. The molecule has 7 nitrogen and oxygen atoms in total. The third kappa shape index (κ3) is 4.70. The zero-order valence-electron chi connectivity index (χ0n) is 18.7. The molecule has 180 valence electrons. The van der Waals surface area contributed by atoms with Gasteiger partial charge in [0.25, 0.3) is 5.91 Å². The number of carboxylic acids is 1. The molecule has 3 aromatic rings. The number of benzene rings is 3. The first-order chi connectivity index (χ1) is 16.8. The molecule has 0 aliphatic heterocycles. The van der Waals surface area contributed by atoms with Crippen LogP contribution in [0, 0.1) is 11.6 Å². The van der Waals surface area contributed by atoms with Crippen molar-refractivity contribution >= 4 is 23.7 Å². The molecule has 35 heavy (non-hydrogen) atoms. The first-order valence-corrected chi connectivity index (χ1v) is 11.0. The first-order valence-electron chi connectivity index (χ1n) is 11.0. The number of nitrogens with one attached hydrogen (secondary N) is 2. The highest BCUT2D eigenvalue weighted by molar-refractivity contribution is 5.98. The summed E-state index contributed by atoms with van der Waals surface area (Å²) >= 11 is 0. The summed E-state index contributed by atoms with van der Waals surface area (Å²) in [5.41, 5.74) is 2.61. The van der Waals surface area contributed by atoms with Gasteiger partial charge in [-0.25, -0.2) is 18.4 Å². The molecule has 0 radical (unpaired) electrons. The first kappa shape index (κ1) is 23.9. The van der Waals surface area contributed by atoms with Gasteiger partial charge in [0.15, 0.2) is 5.82 Å². The van der Waals surface area contributed by atoms with Crippen molar-refractivity contribution in [2.45, 2.75) is 25.3 Å². The lowest BCUT2D eigenvalue weighted by Crippen LogP contribution is -2.41. The monoisotopic (exact) mass is 480 g/mol. The molecule has 0 heterocycles. The molecular weight excluding hydrogens is 458 g/mol. The van der Waals surface area contributed by atoms with E-state index in [1.165, 1.54) is 6.92 Å². The molecule has 1 aliphatic carbocycles. The maximum absolute atomic E-state index is 14.9. The predicted octanol–water partition coefficient (Wildman–Crippen LogP) is 4.92. The summed E-state index contributed by atoms with van der Waals surface area (Å²) in [4.78, 5) is 35.9. The van der Waals surface area contributed by atoms with Crippen LogP contribution in [-0.4, -0.2) is 35.7 Å². The summed E-state index contributed by atoms with van der Waals surface area (Å²) in [6.45, 7) is 1.48. The summed E-state index contributed by atoms with van der Waals surface area (Å²) in [6.07, 6.45) is -0.970. The quantitative estimate of drug-likeness (QED) is 0.445. The maximum Gasteiger partial charge on any atom is 0.411 e. The van der Waals surface area contributed by atoms with E-state index in [4.69, 9.17) is 9.84 Å². The van der Waals surface area contributed by atoms with Gasteiger partial charge < -0.3 is 15.2 Å². The molecule has 1 atom stereocenters. The number of ether oxygens (including phenoxy) is 1. The molecule has 0 bridgehead atoms. The fourth-order valence-electron chi connectivity index (χ4n) is 4.17. The molecule has 0 unspecified atom stereocenters. The Labute approximate surface area is 199 Å². The van der Waals surface area contributed by atoms with Gasteiger partial charge in [0.05, 0.1) is 5.69 Å². The van der Waals surface area contributed by atoms with Crippen LogP contribution in [0.4, 0.5) is 19.3 Å². The number of carboxylic acid groups (broad SMARTS) is 1. The van der Waals surface area contributed by atoms with E-state index in [1.54, 1.807) is 0 Å². The number of anilines is 1. The molecule has 0 saturated heterocycles. The zero-order chi connectivity index (χ0) is 25.1. The van der Waals surface area contributed by atoms with Crippen LogP contribution in [-0.2, 0) is 9.53 Å². The number of hydrogen-bond donors (Lipinski definition) is 3. The van der Waals surface area contributed by atoms with Gasteiger partial charge in [-0.15, -0.1) is 0 Å². The molecule has 0 spiro atoms. The Balaban J connectivity index is 1.48. The summed E-state index contributed by atoms with van der Waals surface area (Å²) < 4.78 is 34.5. The Morgan fingerprint density at radius 3 is 2.14 bits per heavy atom. The van der Waals surface area contributed by atoms with Crippen LogP contribution in [0.25, 0.3) is 11.1 Å². The fraction of sp³-hybridized carbons (Fsp3) is 0.192. The minimum absolute atomic E-state index is 0.0159. The number of amides is 2. The van der Waals surface area contributed by atoms with Gasteiger partial charge >= 0.3 is 12.1 Å². The minimum Gasteiger partial charge on any atom is -0.480 e. The van der Waals surface area contributed by atoms with Crippen LogP contribution in [0.15, 0.2) is 60.7 Å². The van der Waals surface area contributed by atoms with E-state index in [9.17, 15) is 23.2 Å². The Hall–Kier alpha value is -4.27. The number of aliphatic carboxylic acids is 1. The molecule has 1 aliphatic rings. The molecule has 3 aromatic carbocycles. The number of rotatable bonds is 7. The van der Waals surface area contributed by atoms with E-state index in [0.717, 1.165) is 34.4 Å². The largest absolute Gasteiger partial charge is 0.480 e. The second kappa shape index (κ2) is 9.92. The van der Waals surface area contributed by atoms with Crippen LogP contribution >= 0.6 is 0 Å². The summed E-state index contributed by atoms with van der Waals surface area (Å²) in [5, 5.41) is 13.3. The lowest BCUT2D eigenvalue weighted by atomic mass is 9.98. The molecule has 2 amide bonds. The predicted molar refractivity (Wildman–Crippen MR) is 124 cm³/mol. The van der Waals surface area contributed by atoms with Crippen LogP contribution < -0.4 is 10.6 Å². The summed E-state index contributed by atoms with van der Waals surface area (Å²) in [7, 11) is 0. The highest BCUT2D eigenvalue weighted by Crippen LogP contribution is 2.44. The van der Waals surface area contributed by atoms with Gasteiger partial charge in [0.2, 0.25) is 0 Å². The molecular formula is C26H22F2N2O5. The third-order valence-corrected chi connectivity index (χ3v) is 5.91. The standard InChI is InChI=1S/C26H22F2N2O5/c1-2-20(25(32)33)29-24(31)22-19(27)11-12-21(23(22)28)30-26(34)35-13-18-16-9-5-3-7-14(16)15-8-4-6-10-17(15)18/h3-12,18,20H,2,13H2,1H3,(H,29,31)(H,30,34)(H,32,33)/t20-/m0/s1. The topological polar surface area (TPSA) is 105 Å². The second-order valence-corrected chi connectivity index (χ2v) is 8.01.